The largest absolute Gasteiger partial charge is 0.465 e. The summed E-state index contributed by atoms with van der Waals surface area (Å²) in [6.45, 7) is -0.278. The lowest BCUT2D eigenvalue weighted by molar-refractivity contribution is -0.183. The van der Waals surface area contributed by atoms with Crippen LogP contribution in [0.1, 0.15) is 38.5 Å². The first-order chi connectivity index (χ1) is 10.4. The molecule has 130 valence electrons. The molecule has 3 bridgehead atoms. The average Bonchev–Trinajstić information content (AvgIpc) is 2.68. The van der Waals surface area contributed by atoms with Crippen molar-refractivity contribution in [2.24, 2.45) is 22.7 Å². The molecule has 0 aliphatic heterocycles. The number of hydrogen-bond acceptors (Lipinski definition) is 5. The fraction of sp³-hybridized carbons (Fsp3) is 0.929. The zero-order chi connectivity index (χ0) is 16.9. The Morgan fingerprint density at radius 1 is 1.22 bits per heavy atom. The van der Waals surface area contributed by atoms with Crippen LogP contribution in [0.2, 0.25) is 0 Å². The third kappa shape index (κ3) is 1.78. The monoisotopic (exact) mass is 352 g/mol. The summed E-state index contributed by atoms with van der Waals surface area (Å²) in [5, 5.41) is 5.63. The normalized spacial score (nSPS) is 47.3. The first-order valence-corrected chi connectivity index (χ1v) is 9.12. The molecule has 0 saturated heterocycles. The molecular formula is C14H18F2O6S. The van der Waals surface area contributed by atoms with Crippen molar-refractivity contribution in [1.82, 2.24) is 0 Å². The zero-order valence-electron chi connectivity index (χ0n) is 12.3. The number of aliphatic hydroxyl groups is 1. The van der Waals surface area contributed by atoms with Crippen LogP contribution in [-0.2, 0) is 19.6 Å². The van der Waals surface area contributed by atoms with Crippen molar-refractivity contribution < 1.29 is 36.4 Å². The van der Waals surface area contributed by atoms with Crippen LogP contribution in [0.15, 0.2) is 0 Å². The van der Waals surface area contributed by atoms with E-state index in [0.29, 0.717) is 43.9 Å². The van der Waals surface area contributed by atoms with Gasteiger partial charge in [0.05, 0.1) is 12.2 Å². The van der Waals surface area contributed by atoms with Gasteiger partial charge >= 0.3 is 21.3 Å². The van der Waals surface area contributed by atoms with E-state index in [-0.39, 0.29) is 12.0 Å². The molecule has 4 aliphatic carbocycles. The smallest absolute Gasteiger partial charge is 0.460 e. The van der Waals surface area contributed by atoms with Crippen LogP contribution in [0.25, 0.3) is 0 Å². The number of carbonyl (C=O) groups is 1. The van der Waals surface area contributed by atoms with Crippen LogP contribution in [-0.4, -0.2) is 41.5 Å². The van der Waals surface area contributed by atoms with Crippen molar-refractivity contribution in [2.45, 2.75) is 49.4 Å². The maximum Gasteiger partial charge on any atom is 0.465 e. The molecule has 1 spiro atoms. The predicted molar refractivity (Wildman–Crippen MR) is 72.0 cm³/mol. The SMILES string of the molecule is O=C(OCC12CC3CC4(O)CC(C1)C2(C3)C4)C(F)(F)S(=O)(=O)O. The Bertz CT molecular complexity index is 689. The van der Waals surface area contributed by atoms with E-state index in [2.05, 4.69) is 4.74 Å². The van der Waals surface area contributed by atoms with E-state index in [9.17, 15) is 27.1 Å². The Morgan fingerprint density at radius 3 is 2.57 bits per heavy atom. The van der Waals surface area contributed by atoms with Gasteiger partial charge in [0.2, 0.25) is 0 Å². The zero-order valence-corrected chi connectivity index (χ0v) is 13.1. The molecule has 4 aliphatic rings. The van der Waals surface area contributed by atoms with E-state index in [4.69, 9.17) is 4.55 Å². The Morgan fingerprint density at radius 2 is 1.91 bits per heavy atom. The van der Waals surface area contributed by atoms with Crippen molar-refractivity contribution in [3.8, 4) is 0 Å². The van der Waals surface area contributed by atoms with Gasteiger partial charge in [-0.15, -0.1) is 0 Å². The lowest BCUT2D eigenvalue weighted by atomic mass is 9.46. The highest BCUT2D eigenvalue weighted by molar-refractivity contribution is 7.87. The van der Waals surface area contributed by atoms with Crippen molar-refractivity contribution in [3.63, 3.8) is 0 Å². The number of alkyl halides is 2. The fourth-order valence-corrected chi connectivity index (χ4v) is 6.53. The summed E-state index contributed by atoms with van der Waals surface area (Å²) >= 11 is 0. The molecule has 23 heavy (non-hydrogen) atoms. The quantitative estimate of drug-likeness (QED) is 0.585. The van der Waals surface area contributed by atoms with Gasteiger partial charge in [-0.1, -0.05) is 0 Å². The molecule has 5 unspecified atom stereocenters. The van der Waals surface area contributed by atoms with E-state index in [1.165, 1.54) is 0 Å². The highest BCUT2D eigenvalue weighted by Gasteiger charge is 2.77. The van der Waals surface area contributed by atoms with Gasteiger partial charge in [-0.3, -0.25) is 4.55 Å². The molecule has 5 atom stereocenters. The van der Waals surface area contributed by atoms with E-state index in [1.807, 2.05) is 0 Å². The number of ether oxygens (including phenoxy) is 1. The Balaban J connectivity index is 1.52. The molecule has 9 heteroatoms. The van der Waals surface area contributed by atoms with Crippen LogP contribution in [0.3, 0.4) is 0 Å². The molecule has 6 nitrogen and oxygen atoms in total. The fourth-order valence-electron chi connectivity index (χ4n) is 6.26. The third-order valence-corrected chi connectivity index (χ3v) is 7.60. The van der Waals surface area contributed by atoms with Crippen molar-refractivity contribution in [3.05, 3.63) is 0 Å². The molecule has 0 aromatic carbocycles. The van der Waals surface area contributed by atoms with Gasteiger partial charge in [-0.2, -0.15) is 17.2 Å². The number of rotatable bonds is 4. The van der Waals surface area contributed by atoms with Crippen molar-refractivity contribution >= 4 is 16.1 Å². The Hall–Kier alpha value is -0.800. The van der Waals surface area contributed by atoms with Gasteiger partial charge < -0.3 is 9.84 Å². The third-order valence-electron chi connectivity index (χ3n) is 6.79. The van der Waals surface area contributed by atoms with Gasteiger partial charge in [-0.25, -0.2) is 4.79 Å². The number of hydrogen-bond donors (Lipinski definition) is 2. The maximum absolute atomic E-state index is 13.3. The number of carbonyl (C=O) groups excluding carboxylic acids is 1. The maximum atomic E-state index is 13.3. The molecule has 2 N–H and O–H groups in total. The predicted octanol–water partition coefficient (Wildman–Crippen LogP) is 1.34. The first-order valence-electron chi connectivity index (χ1n) is 7.68. The molecule has 4 rings (SSSR count). The number of halogens is 2. The van der Waals surface area contributed by atoms with Gasteiger partial charge in [0.15, 0.2) is 0 Å². The molecule has 0 amide bonds. The highest BCUT2D eigenvalue weighted by atomic mass is 32.2. The van der Waals surface area contributed by atoms with Gasteiger partial charge in [0.25, 0.3) is 0 Å². The lowest BCUT2D eigenvalue weighted by Crippen LogP contribution is -2.55. The number of esters is 1. The molecule has 0 heterocycles. The van der Waals surface area contributed by atoms with Gasteiger partial charge in [-0.05, 0) is 55.8 Å². The molecule has 0 radical (unpaired) electrons. The second-order valence-electron chi connectivity index (χ2n) is 7.99. The van der Waals surface area contributed by atoms with Crippen LogP contribution in [0.4, 0.5) is 8.78 Å². The second-order valence-corrected chi connectivity index (χ2v) is 9.45. The van der Waals surface area contributed by atoms with E-state index < -0.39 is 32.4 Å². The lowest BCUT2D eigenvalue weighted by Gasteiger charge is -2.58. The minimum atomic E-state index is -5.84. The first kappa shape index (κ1) is 15.7. The summed E-state index contributed by atoms with van der Waals surface area (Å²) in [7, 11) is -5.84. The minimum absolute atomic E-state index is 0.168. The van der Waals surface area contributed by atoms with Crippen molar-refractivity contribution in [2.75, 3.05) is 6.61 Å². The van der Waals surface area contributed by atoms with E-state index in [1.54, 1.807) is 0 Å². The topological polar surface area (TPSA) is 101 Å². The summed E-state index contributed by atoms with van der Waals surface area (Å²) in [5.41, 5.74) is -1.29. The van der Waals surface area contributed by atoms with Gasteiger partial charge in [0, 0.05) is 5.41 Å². The second kappa shape index (κ2) is 4.05. The summed E-state index contributed by atoms with van der Waals surface area (Å²) in [6.07, 6.45) is 4.33. The highest BCUT2D eigenvalue weighted by Crippen LogP contribution is 2.81. The molecule has 4 saturated carbocycles. The summed E-state index contributed by atoms with van der Waals surface area (Å²) in [5.74, 6) is -1.62. The Labute approximate surface area is 131 Å². The summed E-state index contributed by atoms with van der Waals surface area (Å²) < 4.78 is 60.9. The number of fused-ring (bicyclic) bond motifs is 2. The van der Waals surface area contributed by atoms with E-state index >= 15 is 0 Å². The van der Waals surface area contributed by atoms with Crippen molar-refractivity contribution in [1.29, 1.82) is 0 Å². The van der Waals surface area contributed by atoms with E-state index in [0.717, 1.165) is 6.42 Å². The molecule has 0 aromatic heterocycles. The van der Waals surface area contributed by atoms with Crippen LogP contribution < -0.4 is 0 Å². The summed E-state index contributed by atoms with van der Waals surface area (Å²) in [4.78, 5) is 11.4. The summed E-state index contributed by atoms with van der Waals surface area (Å²) in [6, 6.07) is 0. The molecular weight excluding hydrogens is 334 g/mol. The van der Waals surface area contributed by atoms with Crippen LogP contribution in [0, 0.1) is 22.7 Å². The van der Waals surface area contributed by atoms with Gasteiger partial charge in [0.1, 0.15) is 0 Å². The molecule has 4 fully saturated rings. The standard InChI is InChI=1S/C14H18F2O6S/c15-14(16,23(19,20)21)10(17)22-7-11-1-8-2-12(18)5-9(4-11)13(11,3-8)6-12/h8-9,18H,1-7H2,(H,19,20,21). The average molecular weight is 352 g/mol. The minimum Gasteiger partial charge on any atom is -0.460 e. The Kier molecular flexibility index (Phi) is 2.77. The van der Waals surface area contributed by atoms with Crippen LogP contribution >= 0.6 is 0 Å². The van der Waals surface area contributed by atoms with Crippen LogP contribution in [0.5, 0.6) is 0 Å². The molecule has 0 aromatic rings.